The van der Waals surface area contributed by atoms with Crippen molar-refractivity contribution in [3.63, 3.8) is 0 Å². The minimum atomic E-state index is -4.36. The lowest BCUT2D eigenvalue weighted by molar-refractivity contribution is -0.137. The van der Waals surface area contributed by atoms with Crippen LogP contribution in [0.4, 0.5) is 47.3 Å². The molecule has 0 fully saturated rings. The Morgan fingerprint density at radius 3 is 0.951 bits per heavy atom. The molecule has 0 radical (unpaired) electrons. The van der Waals surface area contributed by atoms with Gasteiger partial charge in [-0.1, -0.05) is 121 Å². The molecular weight excluding hydrogens is 760 g/mol. The van der Waals surface area contributed by atoms with Crippen LogP contribution in [0.1, 0.15) is 5.56 Å². The molecule has 61 heavy (non-hydrogen) atoms. The van der Waals surface area contributed by atoms with Crippen LogP contribution in [0.2, 0.25) is 0 Å². The third kappa shape index (κ3) is 7.29. The quantitative estimate of drug-likeness (QED) is 0.144. The van der Waals surface area contributed by atoms with Gasteiger partial charge in [-0.2, -0.15) is 13.2 Å². The van der Waals surface area contributed by atoms with Gasteiger partial charge in [0.2, 0.25) is 0 Å². The van der Waals surface area contributed by atoms with Crippen molar-refractivity contribution in [1.29, 1.82) is 0 Å². The van der Waals surface area contributed by atoms with Crippen LogP contribution in [0.25, 0.3) is 49.7 Å². The summed E-state index contributed by atoms with van der Waals surface area (Å²) < 4.78 is 41.8. The monoisotopic (exact) mass is 797 g/mol. The largest absolute Gasteiger partial charge is 0.416 e. The fourth-order valence-electron chi connectivity index (χ4n) is 8.27. The number of halogens is 3. The van der Waals surface area contributed by atoms with Gasteiger partial charge in [-0.05, 0) is 131 Å². The molecule has 0 N–H and O–H groups in total. The second-order valence-electron chi connectivity index (χ2n) is 15.0. The third-order valence-corrected chi connectivity index (χ3v) is 11.2. The van der Waals surface area contributed by atoms with Gasteiger partial charge in [0.05, 0.1) is 16.6 Å². The van der Waals surface area contributed by atoms with Crippen LogP contribution in [-0.2, 0) is 6.18 Å². The van der Waals surface area contributed by atoms with Crippen LogP contribution in [0.5, 0.6) is 0 Å². The number of hydrogen-bond donors (Lipinski definition) is 0. The summed E-state index contributed by atoms with van der Waals surface area (Å²) in [5.74, 6) is 0. The summed E-state index contributed by atoms with van der Waals surface area (Å²) in [5, 5.41) is 2.24. The van der Waals surface area contributed by atoms with Gasteiger partial charge in [-0.25, -0.2) is 0 Å². The summed E-state index contributed by atoms with van der Waals surface area (Å²) >= 11 is 0. The molecule has 10 rings (SSSR count). The zero-order valence-electron chi connectivity index (χ0n) is 32.9. The Balaban J connectivity index is 1.09. The SMILES string of the molecule is FC(F)(F)c1ccc(-c2ccc(-c3ccc(-n4c5ccc(N(c6ccccc6)c6ccccc6)cc5c5cc(N(c6ccccc6)c6ccccc6)ccc54)cc3)cc2)cc1. The van der Waals surface area contributed by atoms with Crippen LogP contribution in [0, 0.1) is 0 Å². The van der Waals surface area contributed by atoms with Gasteiger partial charge in [-0.15, -0.1) is 0 Å². The smallest absolute Gasteiger partial charge is 0.310 e. The van der Waals surface area contributed by atoms with Gasteiger partial charge in [0.25, 0.3) is 0 Å². The van der Waals surface area contributed by atoms with Crippen LogP contribution >= 0.6 is 0 Å². The summed E-state index contributed by atoms with van der Waals surface area (Å²) in [4.78, 5) is 4.59. The van der Waals surface area contributed by atoms with E-state index in [0.717, 1.165) is 96.0 Å². The standard InChI is InChI=1S/C55H38F3N3/c56-55(57,58)43-29-25-41(26-30-43)39-21-23-40(24-22-39)42-27-31-48(32-28-42)61-53-35-33-49(59(44-13-5-1-6-14-44)45-15-7-2-8-16-45)37-51(53)52-38-50(34-36-54(52)61)60(46-17-9-3-10-18-46)47-19-11-4-12-20-47/h1-38H. The summed E-state index contributed by atoms with van der Waals surface area (Å²) in [6.07, 6.45) is -4.36. The van der Waals surface area contributed by atoms with E-state index in [0.29, 0.717) is 0 Å². The number of alkyl halides is 3. The van der Waals surface area contributed by atoms with Crippen molar-refractivity contribution in [2.75, 3.05) is 9.80 Å². The molecule has 1 aromatic heterocycles. The Labute approximate surface area is 352 Å². The van der Waals surface area contributed by atoms with E-state index in [4.69, 9.17) is 0 Å². The van der Waals surface area contributed by atoms with E-state index in [1.807, 2.05) is 48.5 Å². The fourth-order valence-corrected chi connectivity index (χ4v) is 8.27. The lowest BCUT2D eigenvalue weighted by atomic mass is 9.99. The number of hydrogen-bond acceptors (Lipinski definition) is 2. The number of benzene rings is 9. The maximum absolute atomic E-state index is 13.2. The van der Waals surface area contributed by atoms with Crippen LogP contribution < -0.4 is 9.80 Å². The Morgan fingerprint density at radius 1 is 0.311 bits per heavy atom. The molecule has 6 heteroatoms. The highest BCUT2D eigenvalue weighted by Crippen LogP contribution is 2.43. The molecule has 0 aliphatic heterocycles. The zero-order valence-corrected chi connectivity index (χ0v) is 32.9. The Bertz CT molecular complexity index is 2850. The molecule has 3 nitrogen and oxygen atoms in total. The molecule has 0 saturated carbocycles. The number of nitrogens with zero attached hydrogens (tertiary/aromatic N) is 3. The van der Waals surface area contributed by atoms with Gasteiger partial charge in [0.1, 0.15) is 0 Å². The first-order valence-corrected chi connectivity index (χ1v) is 20.2. The second kappa shape index (κ2) is 15.7. The van der Waals surface area contributed by atoms with E-state index >= 15 is 0 Å². The zero-order chi connectivity index (χ0) is 41.3. The lowest BCUT2D eigenvalue weighted by Crippen LogP contribution is -2.09. The van der Waals surface area contributed by atoms with Crippen molar-refractivity contribution in [3.05, 3.63) is 236 Å². The second-order valence-corrected chi connectivity index (χ2v) is 15.0. The first-order valence-electron chi connectivity index (χ1n) is 20.2. The van der Waals surface area contributed by atoms with E-state index in [9.17, 15) is 13.2 Å². The number of anilines is 6. The van der Waals surface area contributed by atoms with Gasteiger partial charge >= 0.3 is 6.18 Å². The molecular formula is C55H38F3N3. The lowest BCUT2D eigenvalue weighted by Gasteiger charge is -2.26. The highest BCUT2D eigenvalue weighted by atomic mass is 19.4. The van der Waals surface area contributed by atoms with Crippen LogP contribution in [0.3, 0.4) is 0 Å². The molecule has 0 aliphatic rings. The highest BCUT2D eigenvalue weighted by Gasteiger charge is 2.30. The Kier molecular flexibility index (Phi) is 9.66. The van der Waals surface area contributed by atoms with E-state index < -0.39 is 11.7 Å². The van der Waals surface area contributed by atoms with Gasteiger partial charge in [0, 0.05) is 50.6 Å². The van der Waals surface area contributed by atoms with E-state index in [-0.39, 0.29) is 0 Å². The van der Waals surface area contributed by atoms with Crippen molar-refractivity contribution in [2.45, 2.75) is 6.18 Å². The summed E-state index contributed by atoms with van der Waals surface area (Å²) in [5.41, 5.74) is 12.6. The van der Waals surface area contributed by atoms with Crippen molar-refractivity contribution in [2.24, 2.45) is 0 Å². The average molecular weight is 798 g/mol. The topological polar surface area (TPSA) is 11.4 Å². The summed E-state index contributed by atoms with van der Waals surface area (Å²) in [6, 6.07) is 77.1. The maximum Gasteiger partial charge on any atom is 0.416 e. The average Bonchev–Trinajstić information content (AvgIpc) is 3.63. The van der Waals surface area contributed by atoms with Gasteiger partial charge in [-0.3, -0.25) is 0 Å². The van der Waals surface area contributed by atoms with Crippen molar-refractivity contribution >= 4 is 55.9 Å². The maximum atomic E-state index is 13.2. The van der Waals surface area contributed by atoms with Crippen LogP contribution in [0.15, 0.2) is 231 Å². The molecule has 0 bridgehead atoms. The molecule has 294 valence electrons. The number of aromatic nitrogens is 1. The fraction of sp³-hybridized carbons (Fsp3) is 0.0182. The Morgan fingerprint density at radius 2 is 0.623 bits per heavy atom. The molecule has 10 aromatic rings. The Hall–Kier alpha value is -7.83. The first kappa shape index (κ1) is 37.4. The van der Waals surface area contributed by atoms with Gasteiger partial charge in [0.15, 0.2) is 0 Å². The molecule has 1 heterocycles. The van der Waals surface area contributed by atoms with Crippen molar-refractivity contribution in [3.8, 4) is 27.9 Å². The first-order chi connectivity index (χ1) is 29.9. The normalized spacial score (nSPS) is 11.5. The molecule has 0 atom stereocenters. The molecule has 0 amide bonds. The summed E-state index contributed by atoms with van der Waals surface area (Å²) in [7, 11) is 0. The molecule has 0 aliphatic carbocycles. The molecule has 0 spiro atoms. The molecule has 9 aromatic carbocycles. The number of fused-ring (bicyclic) bond motifs is 3. The highest BCUT2D eigenvalue weighted by molar-refractivity contribution is 6.12. The number of para-hydroxylation sites is 4. The van der Waals surface area contributed by atoms with Crippen molar-refractivity contribution < 1.29 is 13.2 Å². The number of rotatable bonds is 9. The van der Waals surface area contributed by atoms with E-state index in [1.165, 1.54) is 12.1 Å². The van der Waals surface area contributed by atoms with Gasteiger partial charge < -0.3 is 14.4 Å². The predicted molar refractivity (Wildman–Crippen MR) is 246 cm³/mol. The minimum Gasteiger partial charge on any atom is -0.310 e. The third-order valence-electron chi connectivity index (χ3n) is 11.2. The minimum absolute atomic E-state index is 0.653. The van der Waals surface area contributed by atoms with Crippen molar-refractivity contribution in [1.82, 2.24) is 4.57 Å². The molecule has 0 unspecified atom stereocenters. The predicted octanol–water partition coefficient (Wildman–Crippen LogP) is 16.1. The molecule has 0 saturated heterocycles. The van der Waals surface area contributed by atoms with E-state index in [1.54, 1.807) is 0 Å². The van der Waals surface area contributed by atoms with Crippen LogP contribution in [-0.4, -0.2) is 4.57 Å². The summed E-state index contributed by atoms with van der Waals surface area (Å²) in [6.45, 7) is 0. The van der Waals surface area contributed by atoms with E-state index in [2.05, 4.69) is 172 Å².